The summed E-state index contributed by atoms with van der Waals surface area (Å²) in [4.78, 5) is 20.3. The third-order valence-corrected chi connectivity index (χ3v) is 2.12. The number of non-ortho nitro benzene ring substituents is 1. The molecule has 0 spiro atoms. The molecule has 1 aromatic rings. The number of aldehydes is 1. The summed E-state index contributed by atoms with van der Waals surface area (Å²) >= 11 is 5.72. The van der Waals surface area contributed by atoms with Crippen LogP contribution in [0.2, 0.25) is 5.02 Å². The summed E-state index contributed by atoms with van der Waals surface area (Å²) in [6, 6.07) is 2.48. The van der Waals surface area contributed by atoms with Crippen LogP contribution in [0.1, 0.15) is 15.9 Å². The van der Waals surface area contributed by atoms with E-state index in [0.29, 0.717) is 11.8 Å². The van der Waals surface area contributed by atoms with E-state index in [0.717, 1.165) is 6.07 Å². The lowest BCUT2D eigenvalue weighted by atomic mass is 10.1. The number of hydrogen-bond donors (Lipinski definition) is 0. The Hall–Kier alpha value is -1.42. The van der Waals surface area contributed by atoms with Crippen LogP contribution in [-0.2, 0) is 0 Å². The van der Waals surface area contributed by atoms with Crippen LogP contribution < -0.4 is 0 Å². The van der Waals surface area contributed by atoms with Crippen molar-refractivity contribution in [2.75, 3.05) is 0 Å². The van der Waals surface area contributed by atoms with Crippen molar-refractivity contribution in [2.45, 2.75) is 6.92 Å². The molecule has 4 nitrogen and oxygen atoms in total. The largest absolute Gasteiger partial charge is 0.298 e. The van der Waals surface area contributed by atoms with E-state index in [1.807, 2.05) is 0 Å². The number of nitrogens with zero attached hydrogens (tertiary/aromatic N) is 1. The lowest BCUT2D eigenvalue weighted by Crippen LogP contribution is -1.93. The summed E-state index contributed by atoms with van der Waals surface area (Å²) in [5.74, 6) is 0. The molecule has 5 heteroatoms. The number of hydrogen-bond acceptors (Lipinski definition) is 3. The number of carbonyl (C=O) groups excluding carboxylic acids is 1. The van der Waals surface area contributed by atoms with E-state index in [2.05, 4.69) is 0 Å². The molecule has 0 amide bonds. The van der Waals surface area contributed by atoms with E-state index < -0.39 is 4.92 Å². The van der Waals surface area contributed by atoms with Crippen LogP contribution in [0.4, 0.5) is 5.69 Å². The van der Waals surface area contributed by atoms with Crippen LogP contribution in [0.25, 0.3) is 0 Å². The first-order valence-corrected chi connectivity index (χ1v) is 3.83. The molecule has 0 atom stereocenters. The van der Waals surface area contributed by atoms with Gasteiger partial charge >= 0.3 is 0 Å². The highest BCUT2D eigenvalue weighted by Crippen LogP contribution is 2.24. The van der Waals surface area contributed by atoms with Crippen molar-refractivity contribution in [1.82, 2.24) is 0 Å². The van der Waals surface area contributed by atoms with E-state index in [4.69, 9.17) is 11.6 Å². The van der Waals surface area contributed by atoms with Crippen molar-refractivity contribution in [3.05, 3.63) is 38.4 Å². The van der Waals surface area contributed by atoms with Gasteiger partial charge in [-0.1, -0.05) is 11.6 Å². The second kappa shape index (κ2) is 3.53. The van der Waals surface area contributed by atoms with Crippen molar-refractivity contribution in [3.63, 3.8) is 0 Å². The monoisotopic (exact) mass is 199 g/mol. The molecule has 0 fully saturated rings. The molecule has 1 rings (SSSR count). The maximum Gasteiger partial charge on any atom is 0.270 e. The lowest BCUT2D eigenvalue weighted by molar-refractivity contribution is -0.384. The van der Waals surface area contributed by atoms with Crippen LogP contribution in [0.15, 0.2) is 12.1 Å². The number of carbonyl (C=O) groups is 1. The van der Waals surface area contributed by atoms with Crippen molar-refractivity contribution < 1.29 is 9.72 Å². The van der Waals surface area contributed by atoms with Gasteiger partial charge in [-0.05, 0) is 12.5 Å². The Bertz CT molecular complexity index is 376. The molecule has 13 heavy (non-hydrogen) atoms. The van der Waals surface area contributed by atoms with Gasteiger partial charge in [0.15, 0.2) is 6.29 Å². The Labute approximate surface area is 79.3 Å². The highest BCUT2D eigenvalue weighted by molar-refractivity contribution is 6.33. The first-order valence-electron chi connectivity index (χ1n) is 3.46. The fraction of sp³-hybridized carbons (Fsp3) is 0.125. The van der Waals surface area contributed by atoms with Gasteiger partial charge in [-0.15, -0.1) is 0 Å². The summed E-state index contributed by atoms with van der Waals surface area (Å²) in [5, 5.41) is 10.6. The van der Waals surface area contributed by atoms with Gasteiger partial charge in [-0.2, -0.15) is 0 Å². The molecule has 0 saturated heterocycles. The molecule has 0 aliphatic carbocycles. The van der Waals surface area contributed by atoms with Gasteiger partial charge in [0.05, 0.1) is 9.95 Å². The Morgan fingerprint density at radius 3 is 2.62 bits per heavy atom. The lowest BCUT2D eigenvalue weighted by Gasteiger charge is -2.00. The third kappa shape index (κ3) is 1.84. The Balaban J connectivity index is 3.38. The number of halogens is 1. The minimum Gasteiger partial charge on any atom is -0.298 e. The standard InChI is InChI=1S/C8H6ClNO3/c1-5-2-7(10(12)13)3-6(4-11)8(5)9/h2-4H,1H3. The summed E-state index contributed by atoms with van der Waals surface area (Å²) in [6.45, 7) is 1.61. The maximum atomic E-state index is 10.4. The van der Waals surface area contributed by atoms with E-state index in [9.17, 15) is 14.9 Å². The fourth-order valence-electron chi connectivity index (χ4n) is 0.968. The zero-order valence-corrected chi connectivity index (χ0v) is 7.54. The van der Waals surface area contributed by atoms with Gasteiger partial charge in [-0.3, -0.25) is 14.9 Å². The second-order valence-corrected chi connectivity index (χ2v) is 2.92. The number of rotatable bonds is 2. The molecule has 0 heterocycles. The van der Waals surface area contributed by atoms with Crippen LogP contribution in [0.5, 0.6) is 0 Å². The zero-order valence-electron chi connectivity index (χ0n) is 6.78. The first kappa shape index (κ1) is 9.67. The van der Waals surface area contributed by atoms with Gasteiger partial charge in [-0.25, -0.2) is 0 Å². The zero-order chi connectivity index (χ0) is 10.0. The molecule has 0 aliphatic rings. The predicted molar refractivity (Wildman–Crippen MR) is 48.2 cm³/mol. The van der Waals surface area contributed by atoms with Crippen LogP contribution in [0, 0.1) is 17.0 Å². The minimum absolute atomic E-state index is 0.121. The van der Waals surface area contributed by atoms with E-state index in [1.165, 1.54) is 6.07 Å². The SMILES string of the molecule is Cc1cc([N+](=O)[O-])cc(C=O)c1Cl. The minimum atomic E-state index is -0.559. The second-order valence-electron chi connectivity index (χ2n) is 2.54. The normalized spacial score (nSPS) is 9.69. The maximum absolute atomic E-state index is 10.4. The van der Waals surface area contributed by atoms with Crippen molar-refractivity contribution in [3.8, 4) is 0 Å². The van der Waals surface area contributed by atoms with Crippen LogP contribution in [-0.4, -0.2) is 11.2 Å². The van der Waals surface area contributed by atoms with Crippen LogP contribution >= 0.6 is 11.6 Å². The summed E-state index contributed by atoms with van der Waals surface area (Å²) in [6.07, 6.45) is 0.502. The smallest absolute Gasteiger partial charge is 0.270 e. The average molecular weight is 200 g/mol. The molecule has 1 aromatic carbocycles. The predicted octanol–water partition coefficient (Wildman–Crippen LogP) is 2.37. The highest BCUT2D eigenvalue weighted by Gasteiger charge is 2.11. The molecule has 0 bridgehead atoms. The quantitative estimate of drug-likeness (QED) is 0.417. The van der Waals surface area contributed by atoms with Gasteiger partial charge in [0.1, 0.15) is 0 Å². The molecule has 0 saturated carbocycles. The molecule has 68 valence electrons. The first-order chi connectivity index (χ1) is 6.06. The van der Waals surface area contributed by atoms with Gasteiger partial charge in [0.2, 0.25) is 0 Å². The summed E-state index contributed by atoms with van der Waals surface area (Å²) < 4.78 is 0. The molecule has 0 aromatic heterocycles. The number of nitro benzene ring substituents is 1. The topological polar surface area (TPSA) is 60.2 Å². The van der Waals surface area contributed by atoms with E-state index in [-0.39, 0.29) is 16.3 Å². The third-order valence-electron chi connectivity index (χ3n) is 1.61. The Kier molecular flexibility index (Phi) is 2.63. The summed E-state index contributed by atoms with van der Waals surface area (Å²) in [7, 11) is 0. The molecule has 0 unspecified atom stereocenters. The van der Waals surface area contributed by atoms with Gasteiger partial charge < -0.3 is 0 Å². The van der Waals surface area contributed by atoms with Crippen molar-refractivity contribution >= 4 is 23.6 Å². The Morgan fingerprint density at radius 1 is 1.54 bits per heavy atom. The Morgan fingerprint density at radius 2 is 2.15 bits per heavy atom. The average Bonchev–Trinajstić information content (AvgIpc) is 2.09. The summed E-state index contributed by atoms with van der Waals surface area (Å²) in [5.41, 5.74) is 0.551. The molecular weight excluding hydrogens is 194 g/mol. The number of aryl methyl sites for hydroxylation is 1. The number of benzene rings is 1. The number of nitro groups is 1. The molecule has 0 radical (unpaired) electrons. The fourth-order valence-corrected chi connectivity index (χ4v) is 1.12. The van der Waals surface area contributed by atoms with Crippen LogP contribution in [0.3, 0.4) is 0 Å². The van der Waals surface area contributed by atoms with E-state index in [1.54, 1.807) is 6.92 Å². The van der Waals surface area contributed by atoms with Crippen molar-refractivity contribution in [2.24, 2.45) is 0 Å². The van der Waals surface area contributed by atoms with Crippen molar-refractivity contribution in [1.29, 1.82) is 0 Å². The van der Waals surface area contributed by atoms with E-state index >= 15 is 0 Å². The molecule has 0 aliphatic heterocycles. The van der Waals surface area contributed by atoms with Gasteiger partial charge in [0.25, 0.3) is 5.69 Å². The molecular formula is C8H6ClNO3. The highest BCUT2D eigenvalue weighted by atomic mass is 35.5. The molecule has 0 N–H and O–H groups in total. The van der Waals surface area contributed by atoms with Gasteiger partial charge in [0, 0.05) is 17.7 Å².